The molecule has 0 aliphatic carbocycles. The van der Waals surface area contributed by atoms with Crippen LogP contribution in [0.1, 0.15) is 11.1 Å². The number of ether oxygens (including phenoxy) is 1. The first-order valence-corrected chi connectivity index (χ1v) is 9.46. The van der Waals surface area contributed by atoms with Gasteiger partial charge in [0, 0.05) is 17.3 Å². The van der Waals surface area contributed by atoms with Gasteiger partial charge in [0.25, 0.3) is 6.01 Å². The highest BCUT2D eigenvalue weighted by Gasteiger charge is 2.12. The zero-order valence-electron chi connectivity index (χ0n) is 15.5. The van der Waals surface area contributed by atoms with E-state index in [0.29, 0.717) is 11.0 Å². The van der Waals surface area contributed by atoms with E-state index in [0.717, 1.165) is 38.8 Å². The van der Waals surface area contributed by atoms with Crippen LogP contribution < -0.4 is 4.74 Å². The summed E-state index contributed by atoms with van der Waals surface area (Å²) in [6, 6.07) is 18.6. The number of rotatable bonds is 3. The largest absolute Gasteiger partial charge is 0.426 e. The van der Waals surface area contributed by atoms with Crippen molar-refractivity contribution in [3.63, 3.8) is 0 Å². The molecule has 2 heterocycles. The van der Waals surface area contributed by atoms with E-state index in [4.69, 9.17) is 16.3 Å². The van der Waals surface area contributed by atoms with Crippen LogP contribution in [0.2, 0.25) is 5.02 Å². The second-order valence-electron chi connectivity index (χ2n) is 7.02. The van der Waals surface area contributed by atoms with Crippen LogP contribution in [-0.2, 0) is 0 Å². The minimum absolute atomic E-state index is 0.451. The summed E-state index contributed by atoms with van der Waals surface area (Å²) in [5.74, 6) is 0.756. The van der Waals surface area contributed by atoms with Gasteiger partial charge in [-0.15, -0.1) is 0 Å². The molecule has 0 spiro atoms. The molecule has 3 aromatic carbocycles. The highest BCUT2D eigenvalue weighted by Crippen LogP contribution is 2.34. The minimum Gasteiger partial charge on any atom is -0.426 e. The Morgan fingerprint density at radius 1 is 0.893 bits per heavy atom. The molecule has 5 aromatic rings. The summed E-state index contributed by atoms with van der Waals surface area (Å²) >= 11 is 6.57. The van der Waals surface area contributed by atoms with Crippen LogP contribution in [0.4, 0.5) is 0 Å². The van der Waals surface area contributed by atoms with Gasteiger partial charge in [-0.2, -0.15) is 4.98 Å². The second kappa shape index (κ2) is 6.43. The molecule has 0 saturated carbocycles. The molecule has 138 valence electrons. The fourth-order valence-corrected chi connectivity index (χ4v) is 3.66. The van der Waals surface area contributed by atoms with Crippen molar-refractivity contribution in [3.05, 3.63) is 76.9 Å². The Balaban J connectivity index is 1.54. The molecule has 28 heavy (non-hydrogen) atoms. The Labute approximate surface area is 167 Å². The fourth-order valence-electron chi connectivity index (χ4n) is 3.39. The normalized spacial score (nSPS) is 11.4. The molecule has 0 fully saturated rings. The zero-order valence-corrected chi connectivity index (χ0v) is 16.3. The lowest BCUT2D eigenvalue weighted by Gasteiger charge is -2.05. The summed E-state index contributed by atoms with van der Waals surface area (Å²) in [5.41, 5.74) is 7.17. The number of hydrogen-bond donors (Lipinski definition) is 2. The van der Waals surface area contributed by atoms with Crippen molar-refractivity contribution >= 4 is 33.5 Å². The molecule has 0 amide bonds. The predicted molar refractivity (Wildman–Crippen MR) is 114 cm³/mol. The molecule has 0 aliphatic rings. The van der Waals surface area contributed by atoms with Gasteiger partial charge in [-0.3, -0.25) is 0 Å². The maximum atomic E-state index is 6.57. The van der Waals surface area contributed by atoms with Gasteiger partial charge < -0.3 is 14.7 Å². The molecule has 4 nitrogen and oxygen atoms in total. The average Bonchev–Trinajstić information content (AvgIpc) is 3.29. The maximum absolute atomic E-state index is 6.57. The number of nitrogens with zero attached hydrogens (tertiary/aromatic N) is 1. The quantitative estimate of drug-likeness (QED) is 0.358. The van der Waals surface area contributed by atoms with E-state index in [9.17, 15) is 0 Å². The fraction of sp³-hybridized carbons (Fsp3) is 0.0870. The Hall–Kier alpha value is -3.24. The number of imidazole rings is 1. The van der Waals surface area contributed by atoms with Crippen LogP contribution in [0.5, 0.6) is 11.8 Å². The Morgan fingerprint density at radius 2 is 1.79 bits per heavy atom. The van der Waals surface area contributed by atoms with E-state index in [1.54, 1.807) is 0 Å². The van der Waals surface area contributed by atoms with Gasteiger partial charge in [0.05, 0.1) is 16.1 Å². The molecule has 2 N–H and O–H groups in total. The van der Waals surface area contributed by atoms with Gasteiger partial charge in [0.1, 0.15) is 5.75 Å². The molecular formula is C23H18ClN3O. The number of benzene rings is 3. The molecule has 2 aromatic heterocycles. The standard InChI is InChI=1S/C23H18ClN3O/c1-13-3-5-17(9-14(13)2)28-23-26-21-11-18(19(24)12-22(21)27-23)15-4-6-20-16(10-15)7-8-25-20/h3-12,25H,1-2H3,(H,26,27). The minimum atomic E-state index is 0.451. The number of hydrogen-bond acceptors (Lipinski definition) is 2. The van der Waals surface area contributed by atoms with Gasteiger partial charge >= 0.3 is 0 Å². The number of aromatic nitrogens is 3. The third-order valence-corrected chi connectivity index (χ3v) is 5.42. The van der Waals surface area contributed by atoms with Crippen LogP contribution >= 0.6 is 11.6 Å². The van der Waals surface area contributed by atoms with E-state index in [1.807, 2.05) is 36.5 Å². The number of nitrogens with one attached hydrogen (secondary N) is 2. The molecule has 0 atom stereocenters. The zero-order chi connectivity index (χ0) is 19.3. The highest BCUT2D eigenvalue weighted by atomic mass is 35.5. The van der Waals surface area contributed by atoms with Crippen LogP contribution in [-0.4, -0.2) is 15.0 Å². The van der Waals surface area contributed by atoms with E-state index in [2.05, 4.69) is 53.1 Å². The highest BCUT2D eigenvalue weighted by molar-refractivity contribution is 6.34. The van der Waals surface area contributed by atoms with Crippen molar-refractivity contribution in [2.75, 3.05) is 0 Å². The first-order valence-electron chi connectivity index (χ1n) is 9.09. The molecule has 0 aliphatic heterocycles. The lowest BCUT2D eigenvalue weighted by molar-refractivity contribution is 0.449. The number of H-pyrrole nitrogens is 2. The summed E-state index contributed by atoms with van der Waals surface area (Å²) in [6.07, 6.45) is 1.93. The van der Waals surface area contributed by atoms with Crippen LogP contribution in [0.25, 0.3) is 33.1 Å². The van der Waals surface area contributed by atoms with Gasteiger partial charge in [0.2, 0.25) is 0 Å². The van der Waals surface area contributed by atoms with E-state index < -0.39 is 0 Å². The SMILES string of the molecule is Cc1ccc(Oc2nc3cc(-c4ccc5[nH]ccc5c4)c(Cl)cc3[nH]2)cc1C. The van der Waals surface area contributed by atoms with E-state index in [-0.39, 0.29) is 0 Å². The summed E-state index contributed by atoms with van der Waals surface area (Å²) < 4.78 is 5.92. The number of aromatic amines is 2. The summed E-state index contributed by atoms with van der Waals surface area (Å²) in [4.78, 5) is 11.0. The summed E-state index contributed by atoms with van der Waals surface area (Å²) in [5, 5.41) is 1.82. The Morgan fingerprint density at radius 3 is 2.64 bits per heavy atom. The van der Waals surface area contributed by atoms with Crippen molar-refractivity contribution in [2.45, 2.75) is 13.8 Å². The molecule has 5 heteroatoms. The first-order chi connectivity index (χ1) is 13.6. The maximum Gasteiger partial charge on any atom is 0.300 e. The summed E-state index contributed by atoms with van der Waals surface area (Å²) in [6.45, 7) is 4.14. The van der Waals surface area contributed by atoms with Crippen LogP contribution in [0.3, 0.4) is 0 Å². The van der Waals surface area contributed by atoms with Gasteiger partial charge in [-0.05, 0) is 78.4 Å². The predicted octanol–water partition coefficient (Wildman–Crippen LogP) is 6.77. The van der Waals surface area contributed by atoms with Gasteiger partial charge in [-0.25, -0.2) is 0 Å². The first kappa shape index (κ1) is 16.9. The van der Waals surface area contributed by atoms with Crippen LogP contribution in [0.15, 0.2) is 60.8 Å². The van der Waals surface area contributed by atoms with Crippen molar-refractivity contribution in [3.8, 4) is 22.9 Å². The van der Waals surface area contributed by atoms with Gasteiger partial charge in [-0.1, -0.05) is 23.7 Å². The second-order valence-corrected chi connectivity index (χ2v) is 7.43. The van der Waals surface area contributed by atoms with Crippen molar-refractivity contribution in [1.29, 1.82) is 0 Å². The van der Waals surface area contributed by atoms with Crippen molar-refractivity contribution in [1.82, 2.24) is 15.0 Å². The topological polar surface area (TPSA) is 53.7 Å². The van der Waals surface area contributed by atoms with Gasteiger partial charge in [0.15, 0.2) is 0 Å². The third-order valence-electron chi connectivity index (χ3n) is 5.11. The van der Waals surface area contributed by atoms with Crippen LogP contribution in [0, 0.1) is 13.8 Å². The lowest BCUT2D eigenvalue weighted by Crippen LogP contribution is -1.88. The number of halogens is 1. The van der Waals surface area contributed by atoms with E-state index >= 15 is 0 Å². The summed E-state index contributed by atoms with van der Waals surface area (Å²) in [7, 11) is 0. The molecule has 0 radical (unpaired) electrons. The molecule has 0 bridgehead atoms. The monoisotopic (exact) mass is 387 g/mol. The average molecular weight is 388 g/mol. The lowest BCUT2D eigenvalue weighted by atomic mass is 10.0. The number of fused-ring (bicyclic) bond motifs is 2. The number of aryl methyl sites for hydroxylation is 2. The smallest absolute Gasteiger partial charge is 0.300 e. The van der Waals surface area contributed by atoms with Crippen molar-refractivity contribution < 1.29 is 4.74 Å². The van der Waals surface area contributed by atoms with E-state index in [1.165, 1.54) is 11.1 Å². The Kier molecular flexibility index (Phi) is 3.88. The molecular weight excluding hydrogens is 370 g/mol. The van der Waals surface area contributed by atoms with Crippen molar-refractivity contribution in [2.24, 2.45) is 0 Å². The molecule has 0 saturated heterocycles. The molecule has 5 rings (SSSR count). The molecule has 0 unspecified atom stereocenters. The third kappa shape index (κ3) is 2.92. The Bertz CT molecular complexity index is 1330.